The normalized spacial score (nSPS) is 18.3. The van der Waals surface area contributed by atoms with Crippen LogP contribution in [0.1, 0.15) is 5.56 Å². The summed E-state index contributed by atoms with van der Waals surface area (Å²) in [4.78, 5) is 2.25. The average molecular weight is 285 g/mol. The Kier molecular flexibility index (Phi) is 5.45. The fourth-order valence-electron chi connectivity index (χ4n) is 2.16. The summed E-state index contributed by atoms with van der Waals surface area (Å²) in [6, 6.07) is 5.54. The molecule has 2 N–H and O–H groups in total. The van der Waals surface area contributed by atoms with Gasteiger partial charge in [0, 0.05) is 37.7 Å². The van der Waals surface area contributed by atoms with Crippen molar-refractivity contribution in [1.29, 1.82) is 0 Å². The van der Waals surface area contributed by atoms with Crippen molar-refractivity contribution in [2.75, 3.05) is 39.3 Å². The van der Waals surface area contributed by atoms with Gasteiger partial charge in [0.25, 0.3) is 0 Å². The Bertz CT molecular complexity index is 408. The summed E-state index contributed by atoms with van der Waals surface area (Å²) in [5.74, 6) is 0.742. The predicted octanol–water partition coefficient (Wildman–Crippen LogP) is 1.29. The van der Waals surface area contributed by atoms with Gasteiger partial charge in [-0.1, -0.05) is 17.7 Å². The summed E-state index contributed by atoms with van der Waals surface area (Å²) in [7, 11) is 0. The summed E-state index contributed by atoms with van der Waals surface area (Å²) >= 11 is 5.93. The number of hydrogen-bond acceptors (Lipinski definition) is 4. The zero-order chi connectivity index (χ0) is 13.7. The number of rotatable bonds is 5. The van der Waals surface area contributed by atoms with Gasteiger partial charge in [0.15, 0.2) is 0 Å². The van der Waals surface area contributed by atoms with Crippen molar-refractivity contribution in [2.45, 2.75) is 13.0 Å². The molecule has 1 fully saturated rings. The lowest BCUT2D eigenvalue weighted by Gasteiger charge is -2.29. The van der Waals surface area contributed by atoms with Gasteiger partial charge >= 0.3 is 0 Å². The monoisotopic (exact) mass is 284 g/mol. The van der Waals surface area contributed by atoms with E-state index in [0.29, 0.717) is 18.2 Å². The summed E-state index contributed by atoms with van der Waals surface area (Å²) in [5.41, 5.74) is 1.03. The quantitative estimate of drug-likeness (QED) is 0.855. The Hall–Kier alpha value is -0.810. The van der Waals surface area contributed by atoms with Crippen LogP contribution in [-0.4, -0.2) is 55.4 Å². The standard InChI is InChI=1S/C14H21ClN2O2/c1-11-2-3-12(15)8-14(11)19-10-13(18)9-17-6-4-16-5-7-17/h2-3,8,13,16,18H,4-7,9-10H2,1H3. The number of ether oxygens (including phenoxy) is 1. The summed E-state index contributed by atoms with van der Waals surface area (Å²) in [5, 5.41) is 13.9. The molecule has 19 heavy (non-hydrogen) atoms. The Labute approximate surface area is 119 Å². The summed E-state index contributed by atoms with van der Waals surface area (Å²) in [6.45, 7) is 6.85. The summed E-state index contributed by atoms with van der Waals surface area (Å²) < 4.78 is 5.64. The van der Waals surface area contributed by atoms with Crippen LogP contribution in [0, 0.1) is 6.92 Å². The third-order valence-corrected chi connectivity index (χ3v) is 3.50. The van der Waals surface area contributed by atoms with E-state index in [-0.39, 0.29) is 0 Å². The molecule has 1 aliphatic heterocycles. The van der Waals surface area contributed by atoms with Crippen molar-refractivity contribution in [1.82, 2.24) is 10.2 Å². The van der Waals surface area contributed by atoms with E-state index in [1.807, 2.05) is 19.1 Å². The lowest BCUT2D eigenvalue weighted by atomic mass is 10.2. The van der Waals surface area contributed by atoms with Crippen LogP contribution in [0.25, 0.3) is 0 Å². The van der Waals surface area contributed by atoms with Gasteiger partial charge in [-0.15, -0.1) is 0 Å². The lowest BCUT2D eigenvalue weighted by molar-refractivity contribution is 0.0639. The van der Waals surface area contributed by atoms with Gasteiger partial charge < -0.3 is 15.2 Å². The molecule has 5 heteroatoms. The maximum atomic E-state index is 10.0. The van der Waals surface area contributed by atoms with Crippen molar-refractivity contribution in [3.8, 4) is 5.75 Å². The molecule has 1 aromatic rings. The number of piperazine rings is 1. The number of nitrogens with one attached hydrogen (secondary N) is 1. The minimum atomic E-state index is -0.475. The third-order valence-electron chi connectivity index (χ3n) is 3.26. The topological polar surface area (TPSA) is 44.7 Å². The number of nitrogens with zero attached hydrogens (tertiary/aromatic N) is 1. The van der Waals surface area contributed by atoms with Crippen molar-refractivity contribution >= 4 is 11.6 Å². The first-order valence-electron chi connectivity index (χ1n) is 6.65. The van der Waals surface area contributed by atoms with Crippen LogP contribution in [0.2, 0.25) is 5.02 Å². The second-order valence-electron chi connectivity index (χ2n) is 4.93. The molecule has 0 aromatic heterocycles. The molecule has 0 spiro atoms. The first-order chi connectivity index (χ1) is 9.15. The molecule has 0 aliphatic carbocycles. The zero-order valence-corrected chi connectivity index (χ0v) is 12.0. The van der Waals surface area contributed by atoms with Crippen LogP contribution >= 0.6 is 11.6 Å². The van der Waals surface area contributed by atoms with E-state index in [9.17, 15) is 5.11 Å². The number of aliphatic hydroxyl groups is 1. The van der Waals surface area contributed by atoms with E-state index < -0.39 is 6.10 Å². The Morgan fingerprint density at radius 1 is 1.42 bits per heavy atom. The number of halogens is 1. The summed E-state index contributed by atoms with van der Waals surface area (Å²) in [6.07, 6.45) is -0.475. The third kappa shape index (κ3) is 4.66. The highest BCUT2D eigenvalue weighted by Gasteiger charge is 2.15. The van der Waals surface area contributed by atoms with Crippen LogP contribution in [0.15, 0.2) is 18.2 Å². The Morgan fingerprint density at radius 3 is 2.89 bits per heavy atom. The first-order valence-corrected chi connectivity index (χ1v) is 7.03. The Morgan fingerprint density at radius 2 is 2.16 bits per heavy atom. The second kappa shape index (κ2) is 7.10. The largest absolute Gasteiger partial charge is 0.491 e. The number of β-amino-alcohol motifs (C(OH)–C–C–N with tert-alkyl or cyclic N) is 1. The molecule has 1 saturated heterocycles. The molecule has 1 unspecified atom stereocenters. The van der Waals surface area contributed by atoms with Crippen LogP contribution in [0.4, 0.5) is 0 Å². The molecular formula is C14H21ClN2O2. The van der Waals surface area contributed by atoms with Crippen molar-refractivity contribution < 1.29 is 9.84 Å². The molecule has 1 heterocycles. The van der Waals surface area contributed by atoms with Crippen LogP contribution < -0.4 is 10.1 Å². The number of aliphatic hydroxyl groups excluding tert-OH is 1. The highest BCUT2D eigenvalue weighted by atomic mass is 35.5. The average Bonchev–Trinajstić information content (AvgIpc) is 2.41. The molecule has 2 rings (SSSR count). The number of aryl methyl sites for hydroxylation is 1. The van der Waals surface area contributed by atoms with Gasteiger partial charge in [-0.05, 0) is 24.6 Å². The zero-order valence-electron chi connectivity index (χ0n) is 11.2. The van der Waals surface area contributed by atoms with Gasteiger partial charge in [0.2, 0.25) is 0 Å². The molecule has 1 aromatic carbocycles. The molecule has 1 aliphatic rings. The van der Waals surface area contributed by atoms with Gasteiger partial charge in [-0.25, -0.2) is 0 Å². The smallest absolute Gasteiger partial charge is 0.123 e. The van der Waals surface area contributed by atoms with Gasteiger partial charge in [0.05, 0.1) is 0 Å². The first kappa shape index (κ1) is 14.6. The minimum Gasteiger partial charge on any atom is -0.491 e. The predicted molar refractivity (Wildman–Crippen MR) is 77.0 cm³/mol. The molecule has 4 nitrogen and oxygen atoms in total. The van der Waals surface area contributed by atoms with Gasteiger partial charge in [-0.2, -0.15) is 0 Å². The van der Waals surface area contributed by atoms with Crippen LogP contribution in [-0.2, 0) is 0 Å². The second-order valence-corrected chi connectivity index (χ2v) is 5.36. The highest BCUT2D eigenvalue weighted by molar-refractivity contribution is 6.30. The van der Waals surface area contributed by atoms with E-state index in [1.165, 1.54) is 0 Å². The Balaban J connectivity index is 1.79. The van der Waals surface area contributed by atoms with Crippen LogP contribution in [0.3, 0.4) is 0 Å². The van der Waals surface area contributed by atoms with Crippen molar-refractivity contribution in [2.24, 2.45) is 0 Å². The molecule has 0 radical (unpaired) electrons. The lowest BCUT2D eigenvalue weighted by Crippen LogP contribution is -2.47. The minimum absolute atomic E-state index is 0.297. The fraction of sp³-hybridized carbons (Fsp3) is 0.571. The highest BCUT2D eigenvalue weighted by Crippen LogP contribution is 2.22. The molecule has 0 bridgehead atoms. The van der Waals surface area contributed by atoms with E-state index in [2.05, 4.69) is 10.2 Å². The maximum absolute atomic E-state index is 10.0. The van der Waals surface area contributed by atoms with Crippen molar-refractivity contribution in [3.63, 3.8) is 0 Å². The van der Waals surface area contributed by atoms with E-state index in [1.54, 1.807) is 6.07 Å². The van der Waals surface area contributed by atoms with Crippen LogP contribution in [0.5, 0.6) is 5.75 Å². The van der Waals surface area contributed by atoms with E-state index >= 15 is 0 Å². The van der Waals surface area contributed by atoms with Crippen molar-refractivity contribution in [3.05, 3.63) is 28.8 Å². The van der Waals surface area contributed by atoms with Gasteiger partial charge in [0.1, 0.15) is 18.5 Å². The molecule has 1 atom stereocenters. The molecular weight excluding hydrogens is 264 g/mol. The molecule has 106 valence electrons. The molecule has 0 amide bonds. The fourth-order valence-corrected chi connectivity index (χ4v) is 2.32. The SMILES string of the molecule is Cc1ccc(Cl)cc1OCC(O)CN1CCNCC1. The van der Waals surface area contributed by atoms with E-state index in [4.69, 9.17) is 16.3 Å². The number of hydrogen-bond donors (Lipinski definition) is 2. The van der Waals surface area contributed by atoms with Gasteiger partial charge in [-0.3, -0.25) is 4.90 Å². The number of benzene rings is 1. The molecule has 0 saturated carbocycles. The van der Waals surface area contributed by atoms with E-state index in [0.717, 1.165) is 37.5 Å². The maximum Gasteiger partial charge on any atom is 0.123 e.